The molecule has 2 heterocycles. The van der Waals surface area contributed by atoms with E-state index in [2.05, 4.69) is 10.1 Å². The fourth-order valence-corrected chi connectivity index (χ4v) is 2.97. The fraction of sp³-hybridized carbons (Fsp3) is 0.846. The first kappa shape index (κ1) is 12.1. The Morgan fingerprint density at radius 2 is 1.83 bits per heavy atom. The third kappa shape index (κ3) is 1.95. The van der Waals surface area contributed by atoms with Crippen LogP contribution in [0.3, 0.4) is 0 Å². The highest BCUT2D eigenvalue weighted by Crippen LogP contribution is 2.38. The minimum absolute atomic E-state index is 0.394. The Balaban J connectivity index is 1.84. The van der Waals surface area contributed by atoms with Crippen molar-refractivity contribution in [2.75, 3.05) is 6.61 Å². The van der Waals surface area contributed by atoms with Crippen molar-refractivity contribution in [3.8, 4) is 0 Å². The van der Waals surface area contributed by atoms with Gasteiger partial charge < -0.3 is 15.0 Å². The third-order valence-electron chi connectivity index (χ3n) is 4.29. The largest absolute Gasteiger partial charge is 0.367 e. The van der Waals surface area contributed by atoms with Crippen LogP contribution in [0.2, 0.25) is 0 Å². The lowest BCUT2D eigenvalue weighted by Gasteiger charge is -2.30. The van der Waals surface area contributed by atoms with Crippen molar-refractivity contribution in [2.24, 2.45) is 5.73 Å². The summed E-state index contributed by atoms with van der Waals surface area (Å²) in [5.41, 5.74) is 5.53. The Kier molecular flexibility index (Phi) is 2.90. The Hall–Kier alpha value is -0.940. The Labute approximate surface area is 107 Å². The zero-order chi connectivity index (χ0) is 12.6. The zero-order valence-corrected chi connectivity index (χ0v) is 10.9. The van der Waals surface area contributed by atoms with E-state index in [1.165, 1.54) is 0 Å². The van der Waals surface area contributed by atoms with Crippen LogP contribution in [-0.4, -0.2) is 16.7 Å². The molecular weight excluding hydrogens is 230 g/mol. The van der Waals surface area contributed by atoms with Crippen LogP contribution in [0.15, 0.2) is 4.52 Å². The van der Waals surface area contributed by atoms with Crippen LogP contribution in [0.5, 0.6) is 0 Å². The SMILES string of the molecule is CC1(c2noc(C3(N)CCCC3)n2)CCCCO1. The topological polar surface area (TPSA) is 74.2 Å². The van der Waals surface area contributed by atoms with Gasteiger partial charge in [-0.2, -0.15) is 4.98 Å². The van der Waals surface area contributed by atoms with E-state index < -0.39 is 11.1 Å². The number of nitrogens with zero attached hydrogens (tertiary/aromatic N) is 2. The molecular formula is C13H21N3O2. The van der Waals surface area contributed by atoms with Gasteiger partial charge in [-0.05, 0) is 39.0 Å². The predicted molar refractivity (Wildman–Crippen MR) is 65.8 cm³/mol. The van der Waals surface area contributed by atoms with Gasteiger partial charge in [-0.15, -0.1) is 0 Å². The number of aromatic nitrogens is 2. The lowest BCUT2D eigenvalue weighted by molar-refractivity contribution is -0.0770. The molecule has 5 nitrogen and oxygen atoms in total. The first-order valence-corrected chi connectivity index (χ1v) is 6.90. The molecule has 0 bridgehead atoms. The molecule has 1 aliphatic carbocycles. The van der Waals surface area contributed by atoms with Crippen LogP contribution in [0.4, 0.5) is 0 Å². The molecule has 1 aromatic rings. The highest BCUT2D eigenvalue weighted by atomic mass is 16.5. The van der Waals surface area contributed by atoms with Crippen LogP contribution >= 0.6 is 0 Å². The van der Waals surface area contributed by atoms with Gasteiger partial charge in [0.15, 0.2) is 0 Å². The second-order valence-corrected chi connectivity index (χ2v) is 5.82. The Bertz CT molecular complexity index is 418. The van der Waals surface area contributed by atoms with Crippen LogP contribution in [0.1, 0.15) is 63.6 Å². The van der Waals surface area contributed by atoms with E-state index in [1.807, 2.05) is 6.92 Å². The lowest BCUT2D eigenvalue weighted by Crippen LogP contribution is -2.34. The summed E-state index contributed by atoms with van der Waals surface area (Å²) in [6, 6.07) is 0. The first-order valence-electron chi connectivity index (χ1n) is 6.90. The lowest BCUT2D eigenvalue weighted by atomic mass is 9.95. The molecule has 100 valence electrons. The van der Waals surface area contributed by atoms with Crippen molar-refractivity contribution in [1.82, 2.24) is 10.1 Å². The van der Waals surface area contributed by atoms with E-state index in [1.54, 1.807) is 0 Å². The highest BCUT2D eigenvalue weighted by molar-refractivity contribution is 5.08. The van der Waals surface area contributed by atoms with Crippen molar-refractivity contribution >= 4 is 0 Å². The molecule has 1 saturated carbocycles. The minimum Gasteiger partial charge on any atom is -0.367 e. The normalized spacial score (nSPS) is 31.7. The van der Waals surface area contributed by atoms with Gasteiger partial charge >= 0.3 is 0 Å². The number of hydrogen-bond acceptors (Lipinski definition) is 5. The maximum atomic E-state index is 6.33. The minimum atomic E-state index is -0.406. The second kappa shape index (κ2) is 4.31. The highest BCUT2D eigenvalue weighted by Gasteiger charge is 2.40. The monoisotopic (exact) mass is 251 g/mol. The van der Waals surface area contributed by atoms with Gasteiger partial charge in [0.1, 0.15) is 5.60 Å². The van der Waals surface area contributed by atoms with E-state index in [9.17, 15) is 0 Å². The van der Waals surface area contributed by atoms with E-state index in [-0.39, 0.29) is 0 Å². The molecule has 0 amide bonds. The summed E-state index contributed by atoms with van der Waals surface area (Å²) in [7, 11) is 0. The molecule has 1 aromatic heterocycles. The molecule has 2 aliphatic rings. The van der Waals surface area contributed by atoms with Gasteiger partial charge in [-0.25, -0.2) is 0 Å². The van der Waals surface area contributed by atoms with Crippen LogP contribution in [-0.2, 0) is 15.9 Å². The number of nitrogens with two attached hydrogens (primary N) is 1. The average Bonchev–Trinajstić information content (AvgIpc) is 2.99. The average molecular weight is 251 g/mol. The van der Waals surface area contributed by atoms with Crippen LogP contribution < -0.4 is 5.73 Å². The molecule has 18 heavy (non-hydrogen) atoms. The molecule has 1 saturated heterocycles. The molecule has 2 N–H and O–H groups in total. The predicted octanol–water partition coefficient (Wildman–Crippen LogP) is 2.21. The van der Waals surface area contributed by atoms with E-state index in [0.29, 0.717) is 11.7 Å². The molecule has 2 fully saturated rings. The van der Waals surface area contributed by atoms with Gasteiger partial charge in [-0.3, -0.25) is 0 Å². The summed E-state index contributed by atoms with van der Waals surface area (Å²) in [4.78, 5) is 4.53. The number of ether oxygens (including phenoxy) is 1. The van der Waals surface area contributed by atoms with Gasteiger partial charge in [0.25, 0.3) is 0 Å². The van der Waals surface area contributed by atoms with Crippen LogP contribution in [0, 0.1) is 0 Å². The summed E-state index contributed by atoms with van der Waals surface area (Å²) >= 11 is 0. The van der Waals surface area contributed by atoms with Crippen molar-refractivity contribution in [1.29, 1.82) is 0 Å². The number of rotatable bonds is 2. The fourth-order valence-electron chi connectivity index (χ4n) is 2.97. The summed E-state index contributed by atoms with van der Waals surface area (Å²) in [6.07, 6.45) is 7.36. The van der Waals surface area contributed by atoms with Gasteiger partial charge in [0, 0.05) is 6.61 Å². The first-order chi connectivity index (χ1) is 8.62. The van der Waals surface area contributed by atoms with Gasteiger partial charge in [0.2, 0.25) is 11.7 Å². The second-order valence-electron chi connectivity index (χ2n) is 5.82. The Morgan fingerprint density at radius 3 is 2.50 bits per heavy atom. The van der Waals surface area contributed by atoms with Crippen LogP contribution in [0.25, 0.3) is 0 Å². The van der Waals surface area contributed by atoms with Gasteiger partial charge in [-0.1, -0.05) is 18.0 Å². The van der Waals surface area contributed by atoms with E-state index in [0.717, 1.165) is 51.6 Å². The van der Waals surface area contributed by atoms with Gasteiger partial charge in [0.05, 0.1) is 5.54 Å². The summed E-state index contributed by atoms with van der Waals surface area (Å²) in [5, 5.41) is 4.11. The van der Waals surface area contributed by atoms with Crippen molar-refractivity contribution < 1.29 is 9.26 Å². The molecule has 1 unspecified atom stereocenters. The molecule has 0 aromatic carbocycles. The zero-order valence-electron chi connectivity index (χ0n) is 10.9. The molecule has 1 aliphatic heterocycles. The quantitative estimate of drug-likeness (QED) is 0.872. The molecule has 5 heteroatoms. The third-order valence-corrected chi connectivity index (χ3v) is 4.29. The molecule has 0 radical (unpaired) electrons. The van der Waals surface area contributed by atoms with E-state index in [4.69, 9.17) is 15.0 Å². The maximum Gasteiger partial charge on any atom is 0.246 e. The molecule has 1 atom stereocenters. The van der Waals surface area contributed by atoms with Crippen molar-refractivity contribution in [3.05, 3.63) is 11.7 Å². The number of hydrogen-bond donors (Lipinski definition) is 1. The van der Waals surface area contributed by atoms with E-state index >= 15 is 0 Å². The maximum absolute atomic E-state index is 6.33. The smallest absolute Gasteiger partial charge is 0.246 e. The van der Waals surface area contributed by atoms with Crippen molar-refractivity contribution in [3.63, 3.8) is 0 Å². The van der Waals surface area contributed by atoms with Crippen molar-refractivity contribution in [2.45, 2.75) is 63.0 Å². The summed E-state index contributed by atoms with van der Waals surface area (Å²) in [5.74, 6) is 1.25. The Morgan fingerprint density at radius 1 is 1.11 bits per heavy atom. The molecule has 3 rings (SSSR count). The molecule has 0 spiro atoms. The summed E-state index contributed by atoms with van der Waals surface area (Å²) < 4.78 is 11.2. The summed E-state index contributed by atoms with van der Waals surface area (Å²) in [6.45, 7) is 2.81. The standard InChI is InChI=1S/C13H21N3O2/c1-12(6-4-5-9-17-12)10-15-11(18-16-10)13(14)7-2-3-8-13/h2-9,14H2,1H3.